The molecule has 3 rings (SSSR count). The summed E-state index contributed by atoms with van der Waals surface area (Å²) in [5.41, 5.74) is 0. The SMILES string of the molecule is O=C(O)[C@H]1CN(C(=O)c2ccc(Oc3ccccc3)o2)CCO1. The molecule has 0 bridgehead atoms. The predicted octanol–water partition coefficient (Wildman–Crippen LogP) is 2.00. The van der Waals surface area contributed by atoms with Crippen LogP contribution in [0.1, 0.15) is 10.6 Å². The number of aliphatic carboxylic acids is 1. The Kier molecular flexibility index (Phi) is 4.29. The summed E-state index contributed by atoms with van der Waals surface area (Å²) in [5, 5.41) is 8.97. The number of ether oxygens (including phenoxy) is 2. The number of rotatable bonds is 4. The van der Waals surface area contributed by atoms with Crippen molar-refractivity contribution < 1.29 is 28.6 Å². The minimum absolute atomic E-state index is 0.0102. The van der Waals surface area contributed by atoms with Gasteiger partial charge in [-0.1, -0.05) is 18.2 Å². The number of carbonyl (C=O) groups excluding carboxylic acids is 1. The molecule has 7 nitrogen and oxygen atoms in total. The van der Waals surface area contributed by atoms with Crippen LogP contribution in [0.4, 0.5) is 0 Å². The van der Waals surface area contributed by atoms with Crippen LogP contribution < -0.4 is 4.74 Å². The lowest BCUT2D eigenvalue weighted by molar-refractivity contribution is -0.154. The monoisotopic (exact) mass is 317 g/mol. The van der Waals surface area contributed by atoms with Crippen LogP contribution in [-0.2, 0) is 9.53 Å². The Morgan fingerprint density at radius 3 is 2.70 bits per heavy atom. The Morgan fingerprint density at radius 2 is 1.96 bits per heavy atom. The molecular weight excluding hydrogens is 302 g/mol. The van der Waals surface area contributed by atoms with Gasteiger partial charge in [-0.3, -0.25) is 4.79 Å². The van der Waals surface area contributed by atoms with Crippen LogP contribution in [0.2, 0.25) is 0 Å². The smallest absolute Gasteiger partial charge is 0.334 e. The van der Waals surface area contributed by atoms with Crippen LogP contribution in [0.3, 0.4) is 0 Å². The summed E-state index contributed by atoms with van der Waals surface area (Å²) in [6, 6.07) is 12.1. The number of hydrogen-bond donors (Lipinski definition) is 1. The summed E-state index contributed by atoms with van der Waals surface area (Å²) < 4.78 is 16.0. The summed E-state index contributed by atoms with van der Waals surface area (Å²) in [4.78, 5) is 24.7. The van der Waals surface area contributed by atoms with Crippen molar-refractivity contribution in [1.82, 2.24) is 4.90 Å². The number of amides is 1. The molecule has 23 heavy (non-hydrogen) atoms. The van der Waals surface area contributed by atoms with Gasteiger partial charge >= 0.3 is 5.97 Å². The number of carbonyl (C=O) groups is 2. The van der Waals surface area contributed by atoms with Gasteiger partial charge < -0.3 is 23.9 Å². The normalized spacial score (nSPS) is 17.7. The molecule has 1 amide bonds. The zero-order valence-electron chi connectivity index (χ0n) is 12.2. The van der Waals surface area contributed by atoms with E-state index in [-0.39, 0.29) is 30.8 Å². The number of nitrogens with zero attached hydrogens (tertiary/aromatic N) is 1. The fourth-order valence-corrected chi connectivity index (χ4v) is 2.23. The maximum Gasteiger partial charge on any atom is 0.334 e. The summed E-state index contributed by atoms with van der Waals surface area (Å²) >= 11 is 0. The van der Waals surface area contributed by atoms with Crippen molar-refractivity contribution in [2.24, 2.45) is 0 Å². The molecule has 1 N–H and O–H groups in total. The van der Waals surface area contributed by atoms with Gasteiger partial charge in [0.25, 0.3) is 11.9 Å². The largest absolute Gasteiger partial charge is 0.479 e. The number of morpholine rings is 1. The fourth-order valence-electron chi connectivity index (χ4n) is 2.23. The van der Waals surface area contributed by atoms with E-state index in [1.54, 1.807) is 18.2 Å². The second-order valence-corrected chi connectivity index (χ2v) is 4.98. The summed E-state index contributed by atoms with van der Waals surface area (Å²) in [6.07, 6.45) is -1.01. The van der Waals surface area contributed by atoms with E-state index in [0.717, 1.165) is 0 Å². The van der Waals surface area contributed by atoms with Gasteiger partial charge in [0.15, 0.2) is 11.9 Å². The van der Waals surface area contributed by atoms with Gasteiger partial charge in [-0.25, -0.2) is 4.79 Å². The van der Waals surface area contributed by atoms with E-state index in [9.17, 15) is 9.59 Å². The first-order chi connectivity index (χ1) is 11.1. The fraction of sp³-hybridized carbons (Fsp3) is 0.250. The molecule has 1 aliphatic rings. The third-order valence-corrected chi connectivity index (χ3v) is 3.38. The molecule has 0 radical (unpaired) electrons. The molecule has 0 saturated carbocycles. The Bertz CT molecular complexity index is 696. The quantitative estimate of drug-likeness (QED) is 0.927. The lowest BCUT2D eigenvalue weighted by atomic mass is 10.2. The average Bonchev–Trinajstić information content (AvgIpc) is 3.03. The van der Waals surface area contributed by atoms with E-state index >= 15 is 0 Å². The average molecular weight is 317 g/mol. The molecule has 1 aromatic heterocycles. The minimum Gasteiger partial charge on any atom is -0.479 e. The zero-order valence-corrected chi connectivity index (χ0v) is 12.2. The molecule has 2 aromatic rings. The van der Waals surface area contributed by atoms with Crippen molar-refractivity contribution in [3.8, 4) is 11.7 Å². The molecule has 0 unspecified atom stereocenters. The first kappa shape index (κ1) is 15.1. The predicted molar refractivity (Wildman–Crippen MR) is 78.5 cm³/mol. The Labute approximate surface area is 132 Å². The third-order valence-electron chi connectivity index (χ3n) is 3.38. The molecule has 1 aliphatic heterocycles. The second-order valence-electron chi connectivity index (χ2n) is 4.98. The maximum atomic E-state index is 12.4. The lowest BCUT2D eigenvalue weighted by Gasteiger charge is -2.30. The van der Waals surface area contributed by atoms with Crippen molar-refractivity contribution in [2.75, 3.05) is 19.7 Å². The zero-order chi connectivity index (χ0) is 16.2. The van der Waals surface area contributed by atoms with E-state index < -0.39 is 12.1 Å². The molecule has 0 aliphatic carbocycles. The molecule has 1 saturated heterocycles. The molecule has 2 heterocycles. The molecule has 1 aromatic carbocycles. The molecule has 1 fully saturated rings. The Hall–Kier alpha value is -2.80. The number of para-hydroxylation sites is 1. The van der Waals surface area contributed by atoms with Crippen LogP contribution in [0, 0.1) is 0 Å². The van der Waals surface area contributed by atoms with Gasteiger partial charge in [-0.05, 0) is 18.2 Å². The standard InChI is InChI=1S/C16H15NO6/c18-15(17-8-9-21-13(10-17)16(19)20)12-6-7-14(23-12)22-11-4-2-1-3-5-11/h1-7,13H,8-10H2,(H,19,20)/t13-/m1/s1. The summed E-state index contributed by atoms with van der Waals surface area (Å²) in [5.74, 6) is -0.583. The van der Waals surface area contributed by atoms with Gasteiger partial charge in [0.1, 0.15) is 5.75 Å². The second kappa shape index (κ2) is 6.53. The van der Waals surface area contributed by atoms with Crippen molar-refractivity contribution in [3.05, 3.63) is 48.2 Å². The number of hydrogen-bond acceptors (Lipinski definition) is 5. The van der Waals surface area contributed by atoms with E-state index in [4.69, 9.17) is 19.0 Å². The maximum absolute atomic E-state index is 12.4. The van der Waals surface area contributed by atoms with Crippen LogP contribution in [-0.4, -0.2) is 47.7 Å². The molecular formula is C16H15NO6. The molecule has 120 valence electrons. The van der Waals surface area contributed by atoms with Gasteiger partial charge in [0, 0.05) is 12.6 Å². The van der Waals surface area contributed by atoms with Crippen LogP contribution in [0.5, 0.6) is 11.7 Å². The van der Waals surface area contributed by atoms with Gasteiger partial charge in [0.2, 0.25) is 0 Å². The topological polar surface area (TPSA) is 89.2 Å². The summed E-state index contributed by atoms with van der Waals surface area (Å²) in [7, 11) is 0. The molecule has 0 spiro atoms. The van der Waals surface area contributed by atoms with E-state index in [1.807, 2.05) is 18.2 Å². The minimum atomic E-state index is -1.09. The van der Waals surface area contributed by atoms with Crippen LogP contribution in [0.15, 0.2) is 46.9 Å². The van der Waals surface area contributed by atoms with Crippen molar-refractivity contribution in [1.29, 1.82) is 0 Å². The van der Waals surface area contributed by atoms with E-state index in [0.29, 0.717) is 12.3 Å². The van der Waals surface area contributed by atoms with Crippen LogP contribution >= 0.6 is 0 Å². The first-order valence-corrected chi connectivity index (χ1v) is 7.10. The summed E-state index contributed by atoms with van der Waals surface area (Å²) in [6.45, 7) is 0.485. The highest BCUT2D eigenvalue weighted by atomic mass is 16.6. The highest BCUT2D eigenvalue weighted by Crippen LogP contribution is 2.24. The first-order valence-electron chi connectivity index (χ1n) is 7.10. The Balaban J connectivity index is 1.67. The Morgan fingerprint density at radius 1 is 1.17 bits per heavy atom. The van der Waals surface area contributed by atoms with Gasteiger partial charge in [0.05, 0.1) is 13.2 Å². The number of benzene rings is 1. The van der Waals surface area contributed by atoms with E-state index in [1.165, 1.54) is 11.0 Å². The highest BCUT2D eigenvalue weighted by Gasteiger charge is 2.30. The number of carboxylic acids is 1. The number of furan rings is 1. The van der Waals surface area contributed by atoms with Gasteiger partial charge in [-0.2, -0.15) is 0 Å². The van der Waals surface area contributed by atoms with Crippen LogP contribution in [0.25, 0.3) is 0 Å². The number of carboxylic acid groups (broad SMARTS) is 1. The highest BCUT2D eigenvalue weighted by molar-refractivity contribution is 5.92. The molecule has 1 atom stereocenters. The van der Waals surface area contributed by atoms with Crippen molar-refractivity contribution in [2.45, 2.75) is 6.10 Å². The van der Waals surface area contributed by atoms with Gasteiger partial charge in [-0.15, -0.1) is 0 Å². The lowest BCUT2D eigenvalue weighted by Crippen LogP contribution is -2.48. The van der Waals surface area contributed by atoms with Crippen molar-refractivity contribution in [3.63, 3.8) is 0 Å². The van der Waals surface area contributed by atoms with Crippen molar-refractivity contribution >= 4 is 11.9 Å². The molecule has 7 heteroatoms. The van der Waals surface area contributed by atoms with E-state index in [2.05, 4.69) is 0 Å². The third kappa shape index (κ3) is 3.51.